The lowest BCUT2D eigenvalue weighted by Crippen LogP contribution is -2.37. The van der Waals surface area contributed by atoms with Crippen LogP contribution in [-0.2, 0) is 23.1 Å². The van der Waals surface area contributed by atoms with Crippen molar-refractivity contribution in [1.29, 1.82) is 0 Å². The number of hydrogen-bond donors (Lipinski definition) is 1. The zero-order chi connectivity index (χ0) is 17.1. The van der Waals surface area contributed by atoms with Gasteiger partial charge in [0, 0.05) is 38.0 Å². The van der Waals surface area contributed by atoms with Gasteiger partial charge in [0.25, 0.3) is 0 Å². The molecule has 24 heavy (non-hydrogen) atoms. The second-order valence-electron chi connectivity index (χ2n) is 6.46. The molecule has 1 N–H and O–H groups in total. The average molecular weight is 331 g/mol. The van der Waals surface area contributed by atoms with Gasteiger partial charge in [-0.15, -0.1) is 0 Å². The second kappa shape index (κ2) is 7.17. The van der Waals surface area contributed by atoms with E-state index in [1.54, 1.807) is 10.9 Å². The first-order valence-electron chi connectivity index (χ1n) is 8.42. The smallest absolute Gasteiger partial charge is 0.241 e. The molecule has 1 aliphatic rings. The van der Waals surface area contributed by atoms with Crippen molar-refractivity contribution in [3.8, 4) is 0 Å². The van der Waals surface area contributed by atoms with Crippen LogP contribution >= 0.6 is 0 Å². The highest BCUT2D eigenvalue weighted by molar-refractivity contribution is 5.75. The van der Waals surface area contributed by atoms with Gasteiger partial charge in [0.15, 0.2) is 0 Å². The molecule has 1 fully saturated rings. The van der Waals surface area contributed by atoms with Gasteiger partial charge in [-0.1, -0.05) is 0 Å². The maximum absolute atomic E-state index is 12.2. The summed E-state index contributed by atoms with van der Waals surface area (Å²) in [5, 5.41) is 11.6. The van der Waals surface area contributed by atoms with Gasteiger partial charge in [-0.25, -0.2) is 0 Å². The molecule has 3 rings (SSSR count). The molecule has 0 aromatic carbocycles. The van der Waals surface area contributed by atoms with Crippen LogP contribution in [0.15, 0.2) is 18.3 Å². The Morgan fingerprint density at radius 2 is 2.29 bits per heavy atom. The summed E-state index contributed by atoms with van der Waals surface area (Å²) >= 11 is 0. The van der Waals surface area contributed by atoms with Crippen LogP contribution in [0.4, 0.5) is 0 Å². The number of nitrogens with one attached hydrogen (secondary N) is 1. The van der Waals surface area contributed by atoms with Crippen LogP contribution in [0.1, 0.15) is 36.0 Å². The molecule has 1 aliphatic heterocycles. The number of nitrogens with zero attached hydrogens (tertiary/aromatic N) is 4. The average Bonchev–Trinajstić information content (AvgIpc) is 3.11. The van der Waals surface area contributed by atoms with Crippen LogP contribution in [0.5, 0.6) is 0 Å². The topological polar surface area (TPSA) is 74.0 Å². The molecule has 3 heterocycles. The van der Waals surface area contributed by atoms with Crippen LogP contribution < -0.4 is 5.32 Å². The van der Waals surface area contributed by atoms with Gasteiger partial charge >= 0.3 is 0 Å². The first kappa shape index (κ1) is 16.7. The van der Waals surface area contributed by atoms with Crippen molar-refractivity contribution in [3.05, 3.63) is 35.4 Å². The highest BCUT2D eigenvalue weighted by Gasteiger charge is 2.29. The summed E-state index contributed by atoms with van der Waals surface area (Å²) in [7, 11) is 1.92. The highest BCUT2D eigenvalue weighted by atomic mass is 16.5. The van der Waals surface area contributed by atoms with Crippen molar-refractivity contribution >= 4 is 5.91 Å². The minimum Gasteiger partial charge on any atom is -0.372 e. The SMILES string of the molecule is Cc1cc(C)n(CC(=O)NC[C@@H]2CCCO[C@H]2c2ccnn2C)n1. The minimum atomic E-state index is -0.0180. The van der Waals surface area contributed by atoms with Crippen LogP contribution in [0.25, 0.3) is 0 Å². The molecular weight excluding hydrogens is 306 g/mol. The molecule has 0 radical (unpaired) electrons. The molecule has 7 heteroatoms. The quantitative estimate of drug-likeness (QED) is 0.901. The molecular formula is C17H25N5O2. The standard InChI is InChI=1S/C17H25N5O2/c1-12-9-13(2)22(20-12)11-16(23)18-10-14-5-4-8-24-17(14)15-6-7-19-21(15)3/h6-7,9,14,17H,4-5,8,10-11H2,1-3H3,(H,18,23)/t14-,17+/m0/s1. The number of rotatable bonds is 5. The maximum Gasteiger partial charge on any atom is 0.241 e. The molecule has 0 bridgehead atoms. The highest BCUT2D eigenvalue weighted by Crippen LogP contribution is 2.32. The Bertz CT molecular complexity index is 706. The largest absolute Gasteiger partial charge is 0.372 e. The van der Waals surface area contributed by atoms with E-state index in [2.05, 4.69) is 15.5 Å². The molecule has 2 aromatic rings. The molecule has 2 atom stereocenters. The fourth-order valence-corrected chi connectivity index (χ4v) is 3.31. The number of hydrogen-bond acceptors (Lipinski definition) is 4. The summed E-state index contributed by atoms with van der Waals surface area (Å²) < 4.78 is 9.54. The molecule has 1 amide bonds. The summed E-state index contributed by atoms with van der Waals surface area (Å²) in [6.07, 6.45) is 3.83. The van der Waals surface area contributed by atoms with Gasteiger partial charge in [-0.2, -0.15) is 10.2 Å². The Balaban J connectivity index is 1.59. The van der Waals surface area contributed by atoms with E-state index in [0.29, 0.717) is 6.54 Å². The monoisotopic (exact) mass is 331 g/mol. The number of aryl methyl sites for hydroxylation is 3. The second-order valence-corrected chi connectivity index (χ2v) is 6.46. The van der Waals surface area contributed by atoms with Crippen molar-refractivity contribution in [3.63, 3.8) is 0 Å². The van der Waals surface area contributed by atoms with Gasteiger partial charge in [-0.3, -0.25) is 14.2 Å². The van der Waals surface area contributed by atoms with E-state index in [1.807, 2.05) is 37.7 Å². The molecule has 0 aliphatic carbocycles. The predicted octanol–water partition coefficient (Wildman–Crippen LogP) is 1.52. The maximum atomic E-state index is 12.2. The van der Waals surface area contributed by atoms with E-state index >= 15 is 0 Å². The number of ether oxygens (including phenoxy) is 1. The Kier molecular flexibility index (Phi) is 4.99. The lowest BCUT2D eigenvalue weighted by Gasteiger charge is -2.32. The van der Waals surface area contributed by atoms with Crippen LogP contribution in [0.3, 0.4) is 0 Å². The summed E-state index contributed by atoms with van der Waals surface area (Å²) in [5.41, 5.74) is 2.99. The van der Waals surface area contributed by atoms with Crippen LogP contribution in [0, 0.1) is 19.8 Å². The number of amides is 1. The minimum absolute atomic E-state index is 0.0137. The van der Waals surface area contributed by atoms with Gasteiger partial charge in [-0.05, 0) is 38.8 Å². The van der Waals surface area contributed by atoms with E-state index < -0.39 is 0 Å². The summed E-state index contributed by atoms with van der Waals surface area (Å²) in [6, 6.07) is 3.96. The molecule has 7 nitrogen and oxygen atoms in total. The first-order valence-corrected chi connectivity index (χ1v) is 8.42. The summed E-state index contributed by atoms with van der Waals surface area (Å²) in [4.78, 5) is 12.2. The lowest BCUT2D eigenvalue weighted by molar-refractivity contribution is -0.122. The number of carbonyl (C=O) groups is 1. The van der Waals surface area contributed by atoms with E-state index in [-0.39, 0.29) is 24.5 Å². The first-order chi connectivity index (χ1) is 11.5. The molecule has 0 spiro atoms. The molecule has 1 saturated heterocycles. The van der Waals surface area contributed by atoms with Crippen molar-refractivity contribution in [1.82, 2.24) is 24.9 Å². The normalized spacial score (nSPS) is 21.0. The van der Waals surface area contributed by atoms with Gasteiger partial charge < -0.3 is 10.1 Å². The van der Waals surface area contributed by atoms with Crippen LogP contribution in [-0.4, -0.2) is 38.6 Å². The molecule has 130 valence electrons. The zero-order valence-electron chi connectivity index (χ0n) is 14.5. The summed E-state index contributed by atoms with van der Waals surface area (Å²) in [5.74, 6) is 0.245. The van der Waals surface area contributed by atoms with Gasteiger partial charge in [0.1, 0.15) is 12.6 Å². The van der Waals surface area contributed by atoms with Crippen LogP contribution in [0.2, 0.25) is 0 Å². The van der Waals surface area contributed by atoms with E-state index in [1.165, 1.54) is 0 Å². The third-order valence-electron chi connectivity index (χ3n) is 4.55. The fourth-order valence-electron chi connectivity index (χ4n) is 3.31. The fraction of sp³-hybridized carbons (Fsp3) is 0.588. The molecule has 0 unspecified atom stereocenters. The molecule has 2 aromatic heterocycles. The summed E-state index contributed by atoms with van der Waals surface area (Å²) in [6.45, 7) is 5.50. The predicted molar refractivity (Wildman–Crippen MR) is 89.3 cm³/mol. The molecule has 0 saturated carbocycles. The third kappa shape index (κ3) is 3.67. The van der Waals surface area contributed by atoms with E-state index in [4.69, 9.17) is 4.74 Å². The lowest BCUT2D eigenvalue weighted by atomic mass is 9.92. The Morgan fingerprint density at radius 1 is 1.46 bits per heavy atom. The zero-order valence-corrected chi connectivity index (χ0v) is 14.5. The van der Waals surface area contributed by atoms with Gasteiger partial charge in [0.2, 0.25) is 5.91 Å². The van der Waals surface area contributed by atoms with Gasteiger partial charge in [0.05, 0.1) is 11.4 Å². The number of carbonyl (C=O) groups excluding carboxylic acids is 1. The third-order valence-corrected chi connectivity index (χ3v) is 4.55. The van der Waals surface area contributed by atoms with Crippen molar-refractivity contribution in [2.45, 2.75) is 39.3 Å². The Hall–Kier alpha value is -2.15. The van der Waals surface area contributed by atoms with E-state index in [9.17, 15) is 4.79 Å². The van der Waals surface area contributed by atoms with Crippen molar-refractivity contribution in [2.24, 2.45) is 13.0 Å². The van der Waals surface area contributed by atoms with Crippen molar-refractivity contribution < 1.29 is 9.53 Å². The van der Waals surface area contributed by atoms with E-state index in [0.717, 1.165) is 36.5 Å². The van der Waals surface area contributed by atoms with Crippen molar-refractivity contribution in [2.75, 3.05) is 13.2 Å². The number of aromatic nitrogens is 4. The Labute approximate surface area is 142 Å². The Morgan fingerprint density at radius 3 is 2.96 bits per heavy atom.